The van der Waals surface area contributed by atoms with Gasteiger partial charge in [0, 0.05) is 43.5 Å². The Kier molecular flexibility index (Phi) is 5.93. The lowest BCUT2D eigenvalue weighted by atomic mass is 10.1. The summed E-state index contributed by atoms with van der Waals surface area (Å²) in [5, 5.41) is 2.98. The lowest BCUT2D eigenvalue weighted by Crippen LogP contribution is -2.39. The zero-order valence-corrected chi connectivity index (χ0v) is 17.6. The Labute approximate surface area is 177 Å². The predicted octanol–water partition coefficient (Wildman–Crippen LogP) is 3.33. The summed E-state index contributed by atoms with van der Waals surface area (Å²) in [4.78, 5) is 29.0. The molecule has 1 N–H and O–H groups in total. The van der Waals surface area contributed by atoms with Crippen molar-refractivity contribution in [2.45, 2.75) is 37.8 Å². The average Bonchev–Trinajstić information content (AvgIpc) is 3.45. The number of hydrogen-bond acceptors (Lipinski definition) is 4. The van der Waals surface area contributed by atoms with Gasteiger partial charge in [-0.1, -0.05) is 0 Å². The number of likely N-dealkylation sites (tertiary alicyclic amines) is 1. The number of anilines is 1. The van der Waals surface area contributed by atoms with Crippen molar-refractivity contribution in [1.29, 1.82) is 0 Å². The van der Waals surface area contributed by atoms with Crippen molar-refractivity contribution in [3.8, 4) is 5.75 Å². The first-order chi connectivity index (χ1) is 14.5. The van der Waals surface area contributed by atoms with E-state index in [1.807, 2.05) is 60.3 Å². The maximum atomic E-state index is 13.0. The SMILES string of the molecule is CN(C)c1ccc(C(=O)N2CCCC2COc2ccc(C(=O)NC3CC3)cc2)cc1. The van der Waals surface area contributed by atoms with E-state index in [-0.39, 0.29) is 17.9 Å². The highest BCUT2D eigenvalue weighted by Crippen LogP contribution is 2.23. The molecular formula is C24H29N3O3. The molecule has 2 amide bonds. The summed E-state index contributed by atoms with van der Waals surface area (Å²) >= 11 is 0. The second-order valence-corrected chi connectivity index (χ2v) is 8.32. The van der Waals surface area contributed by atoms with Crippen molar-refractivity contribution in [2.75, 3.05) is 32.1 Å². The fourth-order valence-corrected chi connectivity index (χ4v) is 3.74. The molecule has 2 fully saturated rings. The van der Waals surface area contributed by atoms with Gasteiger partial charge in [-0.3, -0.25) is 9.59 Å². The molecular weight excluding hydrogens is 378 g/mol. The van der Waals surface area contributed by atoms with Gasteiger partial charge in [0.15, 0.2) is 0 Å². The summed E-state index contributed by atoms with van der Waals surface area (Å²) < 4.78 is 5.95. The fourth-order valence-electron chi connectivity index (χ4n) is 3.74. The molecule has 2 aromatic carbocycles. The Hall–Kier alpha value is -3.02. The molecule has 1 atom stereocenters. The smallest absolute Gasteiger partial charge is 0.254 e. The van der Waals surface area contributed by atoms with Crippen LogP contribution in [0, 0.1) is 0 Å². The number of nitrogens with zero attached hydrogens (tertiary/aromatic N) is 2. The van der Waals surface area contributed by atoms with Crippen LogP contribution in [0.1, 0.15) is 46.4 Å². The Morgan fingerprint density at radius 2 is 1.67 bits per heavy atom. The number of rotatable bonds is 7. The van der Waals surface area contributed by atoms with Crippen molar-refractivity contribution in [2.24, 2.45) is 0 Å². The number of hydrogen-bond donors (Lipinski definition) is 1. The molecule has 1 aliphatic heterocycles. The number of carbonyl (C=O) groups excluding carboxylic acids is 2. The van der Waals surface area contributed by atoms with Crippen LogP contribution in [0.4, 0.5) is 5.69 Å². The van der Waals surface area contributed by atoms with Gasteiger partial charge in [0.25, 0.3) is 11.8 Å². The van der Waals surface area contributed by atoms with Gasteiger partial charge in [0.05, 0.1) is 6.04 Å². The van der Waals surface area contributed by atoms with E-state index in [0.29, 0.717) is 29.5 Å². The first-order valence-electron chi connectivity index (χ1n) is 10.6. The van der Waals surface area contributed by atoms with Crippen LogP contribution < -0.4 is 15.0 Å². The highest BCUT2D eigenvalue weighted by atomic mass is 16.5. The third kappa shape index (κ3) is 4.75. The third-order valence-corrected chi connectivity index (χ3v) is 5.74. The minimum atomic E-state index is -0.0306. The van der Waals surface area contributed by atoms with Gasteiger partial charge in [-0.05, 0) is 74.2 Å². The molecule has 158 valence electrons. The molecule has 0 spiro atoms. The lowest BCUT2D eigenvalue weighted by molar-refractivity contribution is 0.0691. The monoisotopic (exact) mass is 407 g/mol. The van der Waals surface area contributed by atoms with E-state index in [0.717, 1.165) is 37.9 Å². The Morgan fingerprint density at radius 3 is 2.30 bits per heavy atom. The van der Waals surface area contributed by atoms with Gasteiger partial charge >= 0.3 is 0 Å². The summed E-state index contributed by atoms with van der Waals surface area (Å²) in [7, 11) is 3.97. The van der Waals surface area contributed by atoms with Crippen molar-refractivity contribution in [1.82, 2.24) is 10.2 Å². The second kappa shape index (κ2) is 8.78. The molecule has 6 heteroatoms. The summed E-state index contributed by atoms with van der Waals surface area (Å²) in [6, 6.07) is 15.3. The molecule has 1 aliphatic carbocycles. The van der Waals surface area contributed by atoms with E-state index in [4.69, 9.17) is 4.74 Å². The highest BCUT2D eigenvalue weighted by molar-refractivity contribution is 5.95. The Bertz CT molecular complexity index is 889. The third-order valence-electron chi connectivity index (χ3n) is 5.74. The van der Waals surface area contributed by atoms with Crippen LogP contribution >= 0.6 is 0 Å². The molecule has 0 radical (unpaired) electrons. The largest absolute Gasteiger partial charge is 0.491 e. The fraction of sp³-hybridized carbons (Fsp3) is 0.417. The minimum Gasteiger partial charge on any atom is -0.491 e. The quantitative estimate of drug-likeness (QED) is 0.765. The molecule has 2 aromatic rings. The molecule has 0 bridgehead atoms. The number of ether oxygens (including phenoxy) is 1. The van der Waals surface area contributed by atoms with E-state index in [9.17, 15) is 9.59 Å². The first kappa shape index (κ1) is 20.3. The van der Waals surface area contributed by atoms with Crippen LogP contribution in [-0.4, -0.2) is 56.0 Å². The maximum absolute atomic E-state index is 13.0. The number of benzene rings is 2. The summed E-state index contributed by atoms with van der Waals surface area (Å²) in [5.41, 5.74) is 2.42. The average molecular weight is 408 g/mol. The highest BCUT2D eigenvalue weighted by Gasteiger charge is 2.30. The second-order valence-electron chi connectivity index (χ2n) is 8.32. The van der Waals surface area contributed by atoms with Crippen molar-refractivity contribution >= 4 is 17.5 Å². The standard InChI is InChI=1S/C24H29N3O3/c1-26(2)20-11-5-18(6-12-20)24(29)27-15-3-4-21(27)16-30-22-13-7-17(8-14-22)23(28)25-19-9-10-19/h5-8,11-14,19,21H,3-4,9-10,15-16H2,1-2H3,(H,25,28). The van der Waals surface area contributed by atoms with Crippen LogP contribution in [0.3, 0.4) is 0 Å². The van der Waals surface area contributed by atoms with Crippen LogP contribution in [-0.2, 0) is 0 Å². The number of nitrogens with one attached hydrogen (secondary N) is 1. The molecule has 1 heterocycles. The molecule has 30 heavy (non-hydrogen) atoms. The van der Waals surface area contributed by atoms with Gasteiger partial charge in [-0.2, -0.15) is 0 Å². The number of amides is 2. The summed E-state index contributed by atoms with van der Waals surface area (Å²) in [5.74, 6) is 0.739. The molecule has 0 aromatic heterocycles. The Balaban J connectivity index is 1.33. The Morgan fingerprint density at radius 1 is 1.00 bits per heavy atom. The van der Waals surface area contributed by atoms with Crippen molar-refractivity contribution in [3.05, 3.63) is 59.7 Å². The summed E-state index contributed by atoms with van der Waals surface area (Å²) in [6.45, 7) is 1.21. The van der Waals surface area contributed by atoms with Crippen LogP contribution in [0.25, 0.3) is 0 Å². The molecule has 4 rings (SSSR count). The molecule has 1 unspecified atom stereocenters. The zero-order chi connectivity index (χ0) is 21.1. The molecule has 6 nitrogen and oxygen atoms in total. The maximum Gasteiger partial charge on any atom is 0.254 e. The van der Waals surface area contributed by atoms with Gasteiger partial charge in [0.1, 0.15) is 12.4 Å². The lowest BCUT2D eigenvalue weighted by Gasteiger charge is -2.25. The van der Waals surface area contributed by atoms with Gasteiger partial charge in [0.2, 0.25) is 0 Å². The van der Waals surface area contributed by atoms with Crippen LogP contribution in [0.5, 0.6) is 5.75 Å². The number of carbonyl (C=O) groups is 2. The van der Waals surface area contributed by atoms with Crippen LogP contribution in [0.15, 0.2) is 48.5 Å². The van der Waals surface area contributed by atoms with E-state index in [1.165, 1.54) is 0 Å². The van der Waals surface area contributed by atoms with Crippen LogP contribution in [0.2, 0.25) is 0 Å². The van der Waals surface area contributed by atoms with Crippen molar-refractivity contribution < 1.29 is 14.3 Å². The molecule has 2 aliphatic rings. The van der Waals surface area contributed by atoms with Gasteiger partial charge in [-0.15, -0.1) is 0 Å². The minimum absolute atomic E-state index is 0.0306. The van der Waals surface area contributed by atoms with Gasteiger partial charge < -0.3 is 19.9 Å². The van der Waals surface area contributed by atoms with E-state index in [2.05, 4.69) is 5.32 Å². The predicted molar refractivity (Wildman–Crippen MR) is 117 cm³/mol. The molecule has 1 saturated heterocycles. The van der Waals surface area contributed by atoms with Gasteiger partial charge in [-0.25, -0.2) is 0 Å². The van der Waals surface area contributed by atoms with E-state index >= 15 is 0 Å². The summed E-state index contributed by atoms with van der Waals surface area (Å²) in [6.07, 6.45) is 4.06. The normalized spacial score (nSPS) is 18.2. The molecule has 1 saturated carbocycles. The van der Waals surface area contributed by atoms with Crippen molar-refractivity contribution in [3.63, 3.8) is 0 Å². The van der Waals surface area contributed by atoms with E-state index in [1.54, 1.807) is 12.1 Å². The van der Waals surface area contributed by atoms with E-state index < -0.39 is 0 Å². The zero-order valence-electron chi connectivity index (χ0n) is 17.6. The topological polar surface area (TPSA) is 61.9 Å². The first-order valence-corrected chi connectivity index (χ1v) is 10.6.